The molecule has 1 amide bonds. The average Bonchev–Trinajstić information content (AvgIpc) is 3.67. The summed E-state index contributed by atoms with van der Waals surface area (Å²) in [5, 5.41) is 24.0. The van der Waals surface area contributed by atoms with Crippen molar-refractivity contribution < 1.29 is 24.5 Å². The highest BCUT2D eigenvalue weighted by Crippen LogP contribution is 2.48. The minimum absolute atomic E-state index is 0.0267. The molecule has 4 unspecified atom stereocenters. The van der Waals surface area contributed by atoms with E-state index in [4.69, 9.17) is 9.47 Å². The molecule has 4 atom stereocenters. The third-order valence-corrected chi connectivity index (χ3v) is 8.23. The summed E-state index contributed by atoms with van der Waals surface area (Å²) in [5.74, 6) is 0.351. The second-order valence-electron chi connectivity index (χ2n) is 11.6. The van der Waals surface area contributed by atoms with E-state index in [1.807, 2.05) is 6.92 Å². The molecule has 3 N–H and O–H groups in total. The van der Waals surface area contributed by atoms with Gasteiger partial charge in [-0.15, -0.1) is 0 Å². The van der Waals surface area contributed by atoms with E-state index in [-0.39, 0.29) is 28.6 Å². The van der Waals surface area contributed by atoms with Gasteiger partial charge in [-0.25, -0.2) is 0 Å². The largest absolute Gasteiger partial charge is 0.508 e. The second kappa shape index (κ2) is 8.96. The van der Waals surface area contributed by atoms with Crippen LogP contribution in [0.15, 0.2) is 30.3 Å². The SMILES string of the molecule is Cc1cc(O)cc2c1Nc1c(O)cccc1C(=O)N2CCC(C)CCC1OC1(C)CCC1OC1(C)C. The highest BCUT2D eigenvalue weighted by Gasteiger charge is 2.54. The zero-order valence-electron chi connectivity index (χ0n) is 21.9. The topological polar surface area (TPSA) is 97.9 Å². The number of hydrogen-bond acceptors (Lipinski definition) is 6. The lowest BCUT2D eigenvalue weighted by Gasteiger charge is -2.25. The Hall–Kier alpha value is -2.77. The number of phenolic OH excluding ortho intramolecular Hbond substituents is 2. The number of fused-ring (bicyclic) bond motifs is 2. The van der Waals surface area contributed by atoms with E-state index in [1.54, 1.807) is 35.2 Å². The van der Waals surface area contributed by atoms with Crippen LogP contribution in [-0.2, 0) is 9.47 Å². The predicted octanol–water partition coefficient (Wildman–Crippen LogP) is 6.03. The first-order valence-corrected chi connectivity index (χ1v) is 13.1. The van der Waals surface area contributed by atoms with E-state index in [9.17, 15) is 15.0 Å². The van der Waals surface area contributed by atoms with E-state index in [1.165, 1.54) is 0 Å². The Morgan fingerprint density at radius 1 is 1.06 bits per heavy atom. The maximum atomic E-state index is 13.6. The van der Waals surface area contributed by atoms with Gasteiger partial charge in [0.25, 0.3) is 5.91 Å². The molecule has 36 heavy (non-hydrogen) atoms. The maximum absolute atomic E-state index is 13.6. The van der Waals surface area contributed by atoms with E-state index in [2.05, 4.69) is 33.0 Å². The number of carbonyl (C=O) groups is 1. The van der Waals surface area contributed by atoms with Crippen molar-refractivity contribution in [1.82, 2.24) is 0 Å². The molecule has 0 bridgehead atoms. The van der Waals surface area contributed by atoms with E-state index >= 15 is 0 Å². The van der Waals surface area contributed by atoms with Crippen LogP contribution in [0.3, 0.4) is 0 Å². The molecular formula is C29H38N2O5. The van der Waals surface area contributed by atoms with Gasteiger partial charge in [-0.2, -0.15) is 0 Å². The van der Waals surface area contributed by atoms with Crippen LogP contribution in [0.4, 0.5) is 17.1 Å². The van der Waals surface area contributed by atoms with Crippen LogP contribution >= 0.6 is 0 Å². The fourth-order valence-electron chi connectivity index (χ4n) is 5.54. The smallest absolute Gasteiger partial charge is 0.260 e. The molecule has 2 aromatic carbocycles. The van der Waals surface area contributed by atoms with E-state index in [0.717, 1.165) is 43.4 Å². The number of epoxide rings is 2. The number of phenols is 2. The molecule has 2 saturated heterocycles. The Morgan fingerprint density at radius 3 is 2.53 bits per heavy atom. The van der Waals surface area contributed by atoms with Gasteiger partial charge in [-0.1, -0.05) is 13.0 Å². The van der Waals surface area contributed by atoms with Crippen molar-refractivity contribution in [2.24, 2.45) is 5.92 Å². The molecule has 0 spiro atoms. The normalized spacial score (nSPS) is 26.5. The summed E-state index contributed by atoms with van der Waals surface area (Å²) < 4.78 is 11.8. The number of carbonyl (C=O) groups excluding carboxylic acids is 1. The lowest BCUT2D eigenvalue weighted by atomic mass is 9.92. The molecule has 194 valence electrons. The summed E-state index contributed by atoms with van der Waals surface area (Å²) in [6.07, 6.45) is 5.58. The number of rotatable bonds is 9. The zero-order chi connectivity index (χ0) is 25.8. The predicted molar refractivity (Wildman–Crippen MR) is 140 cm³/mol. The minimum Gasteiger partial charge on any atom is -0.508 e. The Labute approximate surface area is 213 Å². The molecule has 7 nitrogen and oxygen atoms in total. The molecule has 3 aliphatic rings. The molecule has 2 fully saturated rings. The molecule has 0 saturated carbocycles. The number of anilines is 3. The van der Waals surface area contributed by atoms with Gasteiger partial charge in [0.05, 0.1) is 46.0 Å². The van der Waals surface area contributed by atoms with Crippen LogP contribution in [0.5, 0.6) is 11.5 Å². The van der Waals surface area contributed by atoms with Crippen LogP contribution in [-0.4, -0.2) is 46.1 Å². The maximum Gasteiger partial charge on any atom is 0.260 e. The molecule has 0 radical (unpaired) electrons. The number of aromatic hydroxyl groups is 2. The molecule has 7 heteroatoms. The number of amides is 1. The van der Waals surface area contributed by atoms with E-state index in [0.29, 0.717) is 41.6 Å². The highest BCUT2D eigenvalue weighted by atomic mass is 16.6. The quantitative estimate of drug-likeness (QED) is 0.224. The number of nitrogens with one attached hydrogen (secondary N) is 1. The highest BCUT2D eigenvalue weighted by molar-refractivity contribution is 6.14. The average molecular weight is 495 g/mol. The Morgan fingerprint density at radius 2 is 1.81 bits per heavy atom. The fraction of sp³-hybridized carbons (Fsp3) is 0.552. The first-order chi connectivity index (χ1) is 17.0. The van der Waals surface area contributed by atoms with Crippen LogP contribution in [0, 0.1) is 12.8 Å². The number of benzene rings is 2. The summed E-state index contributed by atoms with van der Waals surface area (Å²) in [6, 6.07) is 8.25. The first-order valence-electron chi connectivity index (χ1n) is 13.1. The standard InChI is InChI=1S/C29H38N2O5/c1-17(9-10-24-29(5,36-24)13-11-23-28(3,4)35-23)12-14-31-21-16-19(32)15-18(2)25(21)30-26-20(27(31)34)7-6-8-22(26)33/h6-8,15-17,23-24,30,32-33H,9-14H2,1-5H3. The molecule has 3 aliphatic heterocycles. The monoisotopic (exact) mass is 494 g/mol. The lowest BCUT2D eigenvalue weighted by molar-refractivity contribution is 0.0986. The van der Waals surface area contributed by atoms with Gasteiger partial charge in [-0.05, 0) is 89.5 Å². The summed E-state index contributed by atoms with van der Waals surface area (Å²) in [5.41, 5.74) is 2.97. The number of nitrogens with zero attached hydrogens (tertiary/aromatic N) is 1. The summed E-state index contributed by atoms with van der Waals surface area (Å²) in [4.78, 5) is 15.3. The van der Waals surface area contributed by atoms with Crippen molar-refractivity contribution in [3.05, 3.63) is 41.5 Å². The van der Waals surface area contributed by atoms with Gasteiger partial charge >= 0.3 is 0 Å². The number of aryl methyl sites for hydroxylation is 1. The van der Waals surface area contributed by atoms with Gasteiger partial charge in [0.15, 0.2) is 0 Å². The van der Waals surface area contributed by atoms with Crippen LogP contribution in [0.25, 0.3) is 0 Å². The number of hydrogen-bond donors (Lipinski definition) is 3. The minimum atomic E-state index is -0.187. The third-order valence-electron chi connectivity index (χ3n) is 8.23. The third kappa shape index (κ3) is 4.78. The summed E-state index contributed by atoms with van der Waals surface area (Å²) >= 11 is 0. The van der Waals surface area contributed by atoms with Crippen molar-refractivity contribution >= 4 is 23.0 Å². The lowest BCUT2D eigenvalue weighted by Crippen LogP contribution is -2.32. The van der Waals surface area contributed by atoms with Crippen molar-refractivity contribution in [2.75, 3.05) is 16.8 Å². The van der Waals surface area contributed by atoms with Crippen LogP contribution in [0.2, 0.25) is 0 Å². The molecule has 2 aromatic rings. The number of para-hydroxylation sites is 1. The summed E-state index contributed by atoms with van der Waals surface area (Å²) in [7, 11) is 0. The van der Waals surface area contributed by atoms with E-state index < -0.39 is 0 Å². The van der Waals surface area contributed by atoms with Gasteiger partial charge in [0.1, 0.15) is 11.5 Å². The molecular weight excluding hydrogens is 456 g/mol. The Bertz CT molecular complexity index is 1180. The molecule has 5 rings (SSSR count). The van der Waals surface area contributed by atoms with Gasteiger partial charge in [0.2, 0.25) is 0 Å². The van der Waals surface area contributed by atoms with Gasteiger partial charge in [0, 0.05) is 12.6 Å². The Balaban J connectivity index is 1.22. The van der Waals surface area contributed by atoms with Crippen molar-refractivity contribution in [1.29, 1.82) is 0 Å². The van der Waals surface area contributed by atoms with Crippen LogP contribution in [0.1, 0.15) is 75.7 Å². The fourth-order valence-corrected chi connectivity index (χ4v) is 5.54. The van der Waals surface area contributed by atoms with Crippen molar-refractivity contribution in [3.8, 4) is 11.5 Å². The summed E-state index contributed by atoms with van der Waals surface area (Å²) in [6.45, 7) is 11.1. The second-order valence-corrected chi connectivity index (χ2v) is 11.6. The van der Waals surface area contributed by atoms with Crippen LogP contribution < -0.4 is 10.2 Å². The van der Waals surface area contributed by atoms with Gasteiger partial charge < -0.3 is 29.9 Å². The molecule has 0 aliphatic carbocycles. The Kier molecular flexibility index (Phi) is 6.20. The first kappa shape index (κ1) is 24.9. The van der Waals surface area contributed by atoms with Crippen molar-refractivity contribution in [2.45, 2.75) is 90.1 Å². The number of ether oxygens (including phenoxy) is 2. The van der Waals surface area contributed by atoms with Gasteiger partial charge in [-0.3, -0.25) is 4.79 Å². The molecule has 0 aromatic heterocycles. The van der Waals surface area contributed by atoms with Crippen molar-refractivity contribution in [3.63, 3.8) is 0 Å². The zero-order valence-corrected chi connectivity index (χ0v) is 21.9. The molecule has 3 heterocycles.